The molecular formula is C33H42ClFN4O6S. The molecule has 0 saturated carbocycles. The lowest BCUT2D eigenvalue weighted by atomic mass is 9.94. The highest BCUT2D eigenvalue weighted by Crippen LogP contribution is 2.28. The van der Waals surface area contributed by atoms with E-state index in [0.29, 0.717) is 24.8 Å². The molecule has 2 amide bonds. The Hall–Kier alpha value is -3.71. The number of hydrogen-bond donors (Lipinski definition) is 4. The number of unbranched alkanes of at least 4 members (excludes halogenated alkanes) is 1. The number of halogens is 2. The molecule has 0 saturated heterocycles. The molecule has 46 heavy (non-hydrogen) atoms. The molecule has 2 unspecified atom stereocenters. The third-order valence-electron chi connectivity index (χ3n) is 7.38. The maximum atomic E-state index is 13.9. The maximum Gasteiger partial charge on any atom is 0.407 e. The van der Waals surface area contributed by atoms with Crippen molar-refractivity contribution in [2.24, 2.45) is 5.92 Å². The molecule has 10 nitrogen and oxygen atoms in total. The highest BCUT2D eigenvalue weighted by Gasteiger charge is 2.32. The Morgan fingerprint density at radius 1 is 1.07 bits per heavy atom. The van der Waals surface area contributed by atoms with Crippen LogP contribution in [-0.2, 0) is 26.0 Å². The molecule has 0 heterocycles. The summed E-state index contributed by atoms with van der Waals surface area (Å²) in [5.41, 5.74) is 8.11. The zero-order chi connectivity index (χ0) is 33.9. The number of aliphatic hydroxyl groups excluding tert-OH is 1. The third-order valence-corrected chi connectivity index (χ3v) is 9.62. The van der Waals surface area contributed by atoms with Crippen LogP contribution in [0.1, 0.15) is 38.7 Å². The van der Waals surface area contributed by atoms with Gasteiger partial charge in [0.05, 0.1) is 29.3 Å². The topological polar surface area (TPSA) is 151 Å². The number of rotatable bonds is 16. The first-order chi connectivity index (χ1) is 21.9. The van der Waals surface area contributed by atoms with E-state index < -0.39 is 46.5 Å². The number of nitrogen functional groups attached to an aromatic ring is 1. The predicted octanol–water partition coefficient (Wildman–Crippen LogP) is 4.99. The Balaban J connectivity index is 1.66. The number of anilines is 1. The van der Waals surface area contributed by atoms with Gasteiger partial charge < -0.3 is 26.2 Å². The molecule has 5 N–H and O–H groups in total. The molecule has 3 aromatic carbocycles. The van der Waals surface area contributed by atoms with Gasteiger partial charge in [-0.25, -0.2) is 17.6 Å². The first-order valence-corrected chi connectivity index (χ1v) is 16.8. The first kappa shape index (κ1) is 36.8. The lowest BCUT2D eigenvalue weighted by Crippen LogP contribution is -2.48. The van der Waals surface area contributed by atoms with Crippen molar-refractivity contribution in [3.05, 3.63) is 83.1 Å². The highest BCUT2D eigenvalue weighted by atomic mass is 35.5. The van der Waals surface area contributed by atoms with Gasteiger partial charge in [-0.05, 0) is 65.8 Å². The molecular weight excluding hydrogens is 635 g/mol. The van der Waals surface area contributed by atoms with Crippen LogP contribution in [0.25, 0.3) is 11.1 Å². The van der Waals surface area contributed by atoms with Crippen molar-refractivity contribution in [1.82, 2.24) is 14.9 Å². The summed E-state index contributed by atoms with van der Waals surface area (Å²) in [5, 5.41) is 15.7. The van der Waals surface area contributed by atoms with Crippen molar-refractivity contribution in [2.45, 2.75) is 56.5 Å². The van der Waals surface area contributed by atoms with Gasteiger partial charge in [-0.15, -0.1) is 0 Å². The fraction of sp³-hybridized carbons (Fsp3) is 0.394. The molecule has 0 fully saturated rings. The number of carbonyl (C=O) groups excluding carboxylic acids is 2. The summed E-state index contributed by atoms with van der Waals surface area (Å²) in [6.07, 6.45) is 0.665. The average molecular weight is 677 g/mol. The fourth-order valence-electron chi connectivity index (χ4n) is 5.04. The summed E-state index contributed by atoms with van der Waals surface area (Å²) in [6, 6.07) is 15.8. The number of aliphatic hydroxyl groups is 1. The number of nitrogens with two attached hydrogens (primary N) is 1. The number of benzene rings is 3. The zero-order valence-corrected chi connectivity index (χ0v) is 27.8. The summed E-state index contributed by atoms with van der Waals surface area (Å²) in [6.45, 7) is 3.81. The molecule has 0 bridgehead atoms. The quantitative estimate of drug-likeness (QED) is 0.123. The van der Waals surface area contributed by atoms with Crippen molar-refractivity contribution in [1.29, 1.82) is 0 Å². The lowest BCUT2D eigenvalue weighted by molar-refractivity contribution is -0.123. The van der Waals surface area contributed by atoms with Crippen LogP contribution in [0.15, 0.2) is 71.6 Å². The van der Waals surface area contributed by atoms with Crippen LogP contribution in [0.4, 0.5) is 14.9 Å². The second-order valence-corrected chi connectivity index (χ2v) is 13.6. The summed E-state index contributed by atoms with van der Waals surface area (Å²) in [4.78, 5) is 25.3. The van der Waals surface area contributed by atoms with E-state index in [1.54, 1.807) is 18.2 Å². The molecule has 3 rings (SSSR count). The normalized spacial score (nSPS) is 13.0. The lowest BCUT2D eigenvalue weighted by Gasteiger charge is -2.31. The van der Waals surface area contributed by atoms with E-state index in [1.165, 1.54) is 41.7 Å². The minimum absolute atomic E-state index is 0.0128. The Morgan fingerprint density at radius 2 is 1.80 bits per heavy atom. The van der Waals surface area contributed by atoms with Gasteiger partial charge in [0.15, 0.2) is 0 Å². The van der Waals surface area contributed by atoms with Gasteiger partial charge in [-0.3, -0.25) is 4.79 Å². The highest BCUT2D eigenvalue weighted by molar-refractivity contribution is 7.89. The Kier molecular flexibility index (Phi) is 13.8. The number of ether oxygens (including phenoxy) is 1. The fourth-order valence-corrected chi connectivity index (χ4v) is 7.12. The van der Waals surface area contributed by atoms with Crippen molar-refractivity contribution in [3.63, 3.8) is 0 Å². The number of methoxy groups -OCH3 is 1. The van der Waals surface area contributed by atoms with Crippen LogP contribution in [0.2, 0.25) is 5.02 Å². The van der Waals surface area contributed by atoms with E-state index in [0.717, 1.165) is 11.1 Å². The molecule has 3 aromatic rings. The first-order valence-electron chi connectivity index (χ1n) is 15.0. The average Bonchev–Trinajstić information content (AvgIpc) is 3.02. The Bertz CT molecular complexity index is 1590. The Morgan fingerprint density at radius 3 is 2.46 bits per heavy atom. The van der Waals surface area contributed by atoms with Crippen molar-refractivity contribution < 1.29 is 32.2 Å². The van der Waals surface area contributed by atoms with E-state index in [-0.39, 0.29) is 41.0 Å². The molecule has 0 aliphatic heterocycles. The monoisotopic (exact) mass is 676 g/mol. The van der Waals surface area contributed by atoms with Crippen molar-refractivity contribution in [2.75, 3.05) is 32.5 Å². The second-order valence-electron chi connectivity index (χ2n) is 11.3. The van der Waals surface area contributed by atoms with Crippen molar-refractivity contribution in [3.8, 4) is 11.1 Å². The molecule has 0 aliphatic rings. The number of hydrogen-bond acceptors (Lipinski definition) is 7. The number of nitrogens with zero attached hydrogens (tertiary/aromatic N) is 1. The predicted molar refractivity (Wildman–Crippen MR) is 177 cm³/mol. The molecule has 250 valence electrons. The molecule has 0 aromatic heterocycles. The SMILES string of the molecule is COC(=O)NC(Cc1ccccc1-c1cccc(F)c1)C(=O)NCCCCC(CO)N(CC(C)C)S(=O)(=O)c1ccc(N)c(Cl)c1. The molecule has 13 heteroatoms. The minimum atomic E-state index is -3.99. The largest absolute Gasteiger partial charge is 0.453 e. The van der Waals surface area contributed by atoms with E-state index in [2.05, 4.69) is 10.6 Å². The number of alkyl carbamates (subject to hydrolysis) is 1. The smallest absolute Gasteiger partial charge is 0.407 e. The number of nitrogens with one attached hydrogen (secondary N) is 2. The molecule has 0 spiro atoms. The Labute approximate surface area is 275 Å². The van der Waals surface area contributed by atoms with E-state index in [9.17, 15) is 27.5 Å². The summed E-state index contributed by atoms with van der Waals surface area (Å²) >= 11 is 6.10. The van der Waals surface area contributed by atoms with Crippen LogP contribution in [0.5, 0.6) is 0 Å². The summed E-state index contributed by atoms with van der Waals surface area (Å²) < 4.78 is 47.1. The number of carbonyl (C=O) groups is 2. The minimum Gasteiger partial charge on any atom is -0.453 e. The van der Waals surface area contributed by atoms with Crippen LogP contribution in [0, 0.1) is 11.7 Å². The zero-order valence-electron chi connectivity index (χ0n) is 26.2. The van der Waals surface area contributed by atoms with E-state index in [1.807, 2.05) is 32.0 Å². The molecule has 2 atom stereocenters. The van der Waals surface area contributed by atoms with Crippen molar-refractivity contribution >= 4 is 39.3 Å². The van der Waals surface area contributed by atoms with Gasteiger partial charge in [-0.1, -0.05) is 68.3 Å². The maximum absolute atomic E-state index is 13.9. The van der Waals surface area contributed by atoms with Gasteiger partial charge >= 0.3 is 6.09 Å². The molecule has 0 radical (unpaired) electrons. The van der Waals surface area contributed by atoms with E-state index in [4.69, 9.17) is 22.1 Å². The third kappa shape index (κ3) is 10.1. The molecule has 0 aliphatic carbocycles. The number of sulfonamides is 1. The standard InChI is InChI=1S/C33H42ClFN4O6S/c1-22(2)20-39(46(43,44)27-14-15-30(36)29(34)19-27)26(21-40)12-6-7-16-37-32(41)31(38-33(42)45-3)18-24-9-4-5-13-28(24)23-10-8-11-25(35)17-23/h4-5,8-11,13-15,17,19,22,26,31,40H,6-7,12,16,18,20-21,36H2,1-3H3,(H,37,41)(H,38,42). The van der Waals surface area contributed by atoms with Crippen LogP contribution in [0.3, 0.4) is 0 Å². The van der Waals surface area contributed by atoms with Gasteiger partial charge in [-0.2, -0.15) is 4.31 Å². The van der Waals surface area contributed by atoms with Crippen LogP contribution < -0.4 is 16.4 Å². The van der Waals surface area contributed by atoms with Gasteiger partial charge in [0.25, 0.3) is 0 Å². The number of amides is 2. The van der Waals surface area contributed by atoms with Gasteiger partial charge in [0.2, 0.25) is 15.9 Å². The summed E-state index contributed by atoms with van der Waals surface area (Å²) in [5.74, 6) is -0.850. The van der Waals surface area contributed by atoms with Crippen LogP contribution >= 0.6 is 11.6 Å². The second kappa shape index (κ2) is 17.3. The van der Waals surface area contributed by atoms with E-state index >= 15 is 0 Å². The van der Waals surface area contributed by atoms with Gasteiger partial charge in [0, 0.05) is 25.6 Å². The van der Waals surface area contributed by atoms with Gasteiger partial charge in [0.1, 0.15) is 11.9 Å². The van der Waals surface area contributed by atoms with Crippen LogP contribution in [-0.4, -0.2) is 68.7 Å². The summed E-state index contributed by atoms with van der Waals surface area (Å²) in [7, 11) is -2.79.